The molecule has 2 aromatic rings. The molecule has 1 aliphatic heterocycles. The molecule has 0 radical (unpaired) electrons. The van der Waals surface area contributed by atoms with Gasteiger partial charge in [-0.15, -0.1) is 0 Å². The Labute approximate surface area is 214 Å². The fraction of sp³-hybridized carbons (Fsp3) is 0.400. The Morgan fingerprint density at radius 3 is 2.31 bits per heavy atom. The van der Waals surface area contributed by atoms with Gasteiger partial charge in [0.15, 0.2) is 0 Å². The van der Waals surface area contributed by atoms with Crippen molar-refractivity contribution in [1.29, 1.82) is 0 Å². The number of nitrogens with one attached hydrogen (secondary N) is 1. The zero-order valence-electron chi connectivity index (χ0n) is 20.2. The van der Waals surface area contributed by atoms with Crippen LogP contribution in [0, 0.1) is 0 Å². The van der Waals surface area contributed by atoms with Gasteiger partial charge in [0.1, 0.15) is 10.9 Å². The number of hydrogen-bond acceptors (Lipinski definition) is 5. The third-order valence-corrected chi connectivity index (χ3v) is 7.96. The number of amides is 3. The Kier molecular flexibility index (Phi) is 8.06. The topological polar surface area (TPSA) is 104 Å². The number of carbonyl (C=O) groups is 3. The summed E-state index contributed by atoms with van der Waals surface area (Å²) in [4.78, 5) is 40.2. The van der Waals surface area contributed by atoms with Crippen molar-refractivity contribution in [2.45, 2.75) is 63.6 Å². The van der Waals surface area contributed by atoms with Gasteiger partial charge >= 0.3 is 0 Å². The molecule has 3 amide bonds. The lowest BCUT2D eigenvalue weighted by Crippen LogP contribution is -2.52. The molecule has 188 valence electrons. The highest BCUT2D eigenvalue weighted by atomic mass is 79.9. The third kappa shape index (κ3) is 6.29. The van der Waals surface area contributed by atoms with Crippen molar-refractivity contribution < 1.29 is 22.8 Å². The Hall–Kier alpha value is -2.72. The highest BCUT2D eigenvalue weighted by Crippen LogP contribution is 2.30. The van der Waals surface area contributed by atoms with Crippen molar-refractivity contribution in [2.75, 3.05) is 6.54 Å². The van der Waals surface area contributed by atoms with Crippen molar-refractivity contribution >= 4 is 43.7 Å². The quantitative estimate of drug-likeness (QED) is 0.527. The van der Waals surface area contributed by atoms with E-state index in [1.807, 2.05) is 45.0 Å². The summed E-state index contributed by atoms with van der Waals surface area (Å²) in [6.07, 6.45) is 0.127. The summed E-state index contributed by atoms with van der Waals surface area (Å²) in [5, 5.41) is 2.90. The second-order valence-corrected chi connectivity index (χ2v) is 12.3. The first-order chi connectivity index (χ1) is 16.3. The van der Waals surface area contributed by atoms with Crippen LogP contribution in [0.2, 0.25) is 0 Å². The molecule has 2 aromatic carbocycles. The fourth-order valence-corrected chi connectivity index (χ4v) is 5.68. The molecule has 35 heavy (non-hydrogen) atoms. The lowest BCUT2D eigenvalue weighted by atomic mass is 10.1. The molecular weight excluding hydrogens is 534 g/mol. The average Bonchev–Trinajstić information content (AvgIpc) is 2.97. The molecular formula is C25H30BrN3O5S. The van der Waals surface area contributed by atoms with E-state index in [1.54, 1.807) is 19.1 Å². The predicted molar refractivity (Wildman–Crippen MR) is 136 cm³/mol. The van der Waals surface area contributed by atoms with E-state index in [9.17, 15) is 22.8 Å². The molecule has 8 nitrogen and oxygen atoms in total. The molecule has 1 heterocycles. The molecule has 1 unspecified atom stereocenters. The third-order valence-electron chi connectivity index (χ3n) is 5.60. The van der Waals surface area contributed by atoms with E-state index < -0.39 is 27.5 Å². The first kappa shape index (κ1) is 26.9. The Morgan fingerprint density at radius 1 is 1.09 bits per heavy atom. The number of nitrogens with zero attached hydrogens (tertiary/aromatic N) is 2. The summed E-state index contributed by atoms with van der Waals surface area (Å²) in [5.41, 5.74) is 0.532. The van der Waals surface area contributed by atoms with E-state index in [1.165, 1.54) is 17.0 Å². The van der Waals surface area contributed by atoms with Crippen LogP contribution < -0.4 is 5.32 Å². The van der Waals surface area contributed by atoms with Crippen LogP contribution in [0.5, 0.6) is 0 Å². The SMILES string of the molecule is CC(C(=O)NC(C)(C)C)N(Cc1ccc(Br)cc1)C(=O)CCCN1C(=O)c2ccccc2S1(=O)=O. The van der Waals surface area contributed by atoms with Crippen LogP contribution in [0.4, 0.5) is 0 Å². The Balaban J connectivity index is 1.72. The minimum Gasteiger partial charge on any atom is -0.350 e. The van der Waals surface area contributed by atoms with Gasteiger partial charge in [0, 0.05) is 29.5 Å². The van der Waals surface area contributed by atoms with Crippen LogP contribution in [0.3, 0.4) is 0 Å². The molecule has 0 spiro atoms. The van der Waals surface area contributed by atoms with Gasteiger partial charge in [0.2, 0.25) is 11.8 Å². The summed E-state index contributed by atoms with van der Waals surface area (Å²) in [6, 6.07) is 12.8. The van der Waals surface area contributed by atoms with Crippen molar-refractivity contribution in [3.05, 3.63) is 64.1 Å². The summed E-state index contributed by atoms with van der Waals surface area (Å²) >= 11 is 3.39. The van der Waals surface area contributed by atoms with Crippen LogP contribution in [-0.4, -0.2) is 53.5 Å². The molecule has 0 bridgehead atoms. The Morgan fingerprint density at radius 2 is 1.71 bits per heavy atom. The molecule has 10 heteroatoms. The molecule has 0 saturated carbocycles. The largest absolute Gasteiger partial charge is 0.350 e. The summed E-state index contributed by atoms with van der Waals surface area (Å²) in [5.74, 6) is -1.17. The van der Waals surface area contributed by atoms with Gasteiger partial charge in [-0.1, -0.05) is 40.2 Å². The van der Waals surface area contributed by atoms with E-state index in [0.717, 1.165) is 14.3 Å². The van der Waals surface area contributed by atoms with Crippen molar-refractivity contribution in [2.24, 2.45) is 0 Å². The maximum atomic E-state index is 13.2. The van der Waals surface area contributed by atoms with Crippen molar-refractivity contribution in [3.8, 4) is 0 Å². The molecule has 0 fully saturated rings. The standard InChI is InChI=1S/C25H30BrN3O5S/c1-17(23(31)27-25(2,3)4)28(16-18-11-13-19(26)14-12-18)22(30)10-7-15-29-24(32)20-8-5-6-9-21(20)35(29,33)34/h5-6,8-9,11-14,17H,7,10,15-16H2,1-4H3,(H,27,31). The van der Waals surface area contributed by atoms with E-state index in [0.29, 0.717) is 0 Å². The molecule has 0 saturated heterocycles. The zero-order chi connectivity index (χ0) is 26.0. The smallest absolute Gasteiger partial charge is 0.269 e. The van der Waals surface area contributed by atoms with Gasteiger partial charge in [-0.2, -0.15) is 0 Å². The van der Waals surface area contributed by atoms with Gasteiger partial charge in [0.05, 0.1) is 5.56 Å². The summed E-state index contributed by atoms with van der Waals surface area (Å²) < 4.78 is 27.2. The van der Waals surface area contributed by atoms with E-state index in [2.05, 4.69) is 21.2 Å². The molecule has 3 rings (SSSR count). The van der Waals surface area contributed by atoms with Crippen molar-refractivity contribution in [1.82, 2.24) is 14.5 Å². The second kappa shape index (κ2) is 10.5. The maximum Gasteiger partial charge on any atom is 0.269 e. The zero-order valence-corrected chi connectivity index (χ0v) is 22.6. The van der Waals surface area contributed by atoms with E-state index in [4.69, 9.17) is 0 Å². The van der Waals surface area contributed by atoms with Gasteiger partial charge in [0.25, 0.3) is 15.9 Å². The molecule has 0 aliphatic carbocycles. The number of rotatable bonds is 8. The van der Waals surface area contributed by atoms with Crippen LogP contribution in [0.25, 0.3) is 0 Å². The molecule has 0 aromatic heterocycles. The van der Waals surface area contributed by atoms with E-state index in [-0.39, 0.29) is 48.2 Å². The fourth-order valence-electron chi connectivity index (χ4n) is 3.81. The molecule has 1 N–H and O–H groups in total. The number of sulfonamides is 1. The van der Waals surface area contributed by atoms with Crippen LogP contribution >= 0.6 is 15.9 Å². The highest BCUT2D eigenvalue weighted by Gasteiger charge is 2.40. The van der Waals surface area contributed by atoms with E-state index >= 15 is 0 Å². The average molecular weight is 565 g/mol. The molecule has 1 aliphatic rings. The summed E-state index contributed by atoms with van der Waals surface area (Å²) in [7, 11) is -3.93. The second-order valence-electron chi connectivity index (χ2n) is 9.55. The first-order valence-electron chi connectivity index (χ1n) is 11.3. The van der Waals surface area contributed by atoms with Gasteiger partial charge < -0.3 is 10.2 Å². The Bertz CT molecular complexity index is 1220. The van der Waals surface area contributed by atoms with Crippen molar-refractivity contribution in [3.63, 3.8) is 0 Å². The maximum absolute atomic E-state index is 13.2. The van der Waals surface area contributed by atoms with Crippen LogP contribution in [0.15, 0.2) is 57.9 Å². The van der Waals surface area contributed by atoms with Gasteiger partial charge in [-0.05, 0) is 63.9 Å². The highest BCUT2D eigenvalue weighted by molar-refractivity contribution is 9.10. The van der Waals surface area contributed by atoms with Crippen LogP contribution in [0.1, 0.15) is 56.5 Å². The number of carbonyl (C=O) groups excluding carboxylic acids is 3. The lowest BCUT2D eigenvalue weighted by Gasteiger charge is -2.31. The number of halogens is 1. The number of benzene rings is 2. The minimum atomic E-state index is -3.93. The molecule has 1 atom stereocenters. The first-order valence-corrected chi connectivity index (χ1v) is 13.6. The minimum absolute atomic E-state index is 0.0133. The predicted octanol–water partition coefficient (Wildman–Crippen LogP) is 3.71. The number of fused-ring (bicyclic) bond motifs is 1. The van der Waals surface area contributed by atoms with Gasteiger partial charge in [-0.25, -0.2) is 12.7 Å². The summed E-state index contributed by atoms with van der Waals surface area (Å²) in [6.45, 7) is 7.37. The lowest BCUT2D eigenvalue weighted by molar-refractivity contribution is -0.141. The normalized spacial score (nSPS) is 15.5. The van der Waals surface area contributed by atoms with Crippen LogP contribution in [-0.2, 0) is 26.2 Å². The van der Waals surface area contributed by atoms with Gasteiger partial charge in [-0.3, -0.25) is 14.4 Å². The number of hydrogen-bond donors (Lipinski definition) is 1. The monoisotopic (exact) mass is 563 g/mol.